The van der Waals surface area contributed by atoms with Crippen molar-refractivity contribution in [3.63, 3.8) is 0 Å². The summed E-state index contributed by atoms with van der Waals surface area (Å²) in [6.07, 6.45) is 2.05. The number of ether oxygens (including phenoxy) is 1. The molecule has 1 unspecified atom stereocenters. The highest BCUT2D eigenvalue weighted by molar-refractivity contribution is 5.41. The van der Waals surface area contributed by atoms with E-state index >= 15 is 0 Å². The van der Waals surface area contributed by atoms with Crippen LogP contribution in [0.2, 0.25) is 0 Å². The summed E-state index contributed by atoms with van der Waals surface area (Å²) in [6, 6.07) is 3.55. The first-order valence-corrected chi connectivity index (χ1v) is 6.17. The van der Waals surface area contributed by atoms with Gasteiger partial charge in [0.1, 0.15) is 5.75 Å². The van der Waals surface area contributed by atoms with E-state index in [0.29, 0.717) is 24.3 Å². The van der Waals surface area contributed by atoms with E-state index in [-0.39, 0.29) is 5.92 Å². The van der Waals surface area contributed by atoms with Gasteiger partial charge in [-0.3, -0.25) is 0 Å². The van der Waals surface area contributed by atoms with Crippen molar-refractivity contribution < 1.29 is 17.9 Å². The molecule has 1 nitrogen and oxygen atoms in total. The molecule has 0 aliphatic carbocycles. The van der Waals surface area contributed by atoms with Crippen molar-refractivity contribution in [2.24, 2.45) is 0 Å². The third kappa shape index (κ3) is 4.20. The average molecular weight is 270 g/mol. The van der Waals surface area contributed by atoms with Crippen LogP contribution in [-0.4, -0.2) is 6.61 Å². The average Bonchev–Trinajstić information content (AvgIpc) is 2.35. The fraction of sp³-hybridized carbons (Fsp3) is 0.467. The Hall–Kier alpha value is -1.63. The first kappa shape index (κ1) is 15.4. The zero-order chi connectivity index (χ0) is 14.5. The van der Waals surface area contributed by atoms with Crippen LogP contribution in [0.15, 0.2) is 18.2 Å². The molecule has 0 heterocycles. The minimum atomic E-state index is -4.35. The molecular formula is C15H17F3O. The van der Waals surface area contributed by atoms with Gasteiger partial charge in [0.2, 0.25) is 0 Å². The largest absolute Gasteiger partial charge is 0.493 e. The standard InChI is InChI=1S/C15H17F3O/c1-4-6-11(3)13-10-12(15(16,17)18)7-8-14(13)19-9-5-2/h1,7-8,10-11H,5-6,9H2,2-3H3. The molecule has 0 aliphatic rings. The summed E-state index contributed by atoms with van der Waals surface area (Å²) in [6.45, 7) is 4.21. The van der Waals surface area contributed by atoms with Crippen molar-refractivity contribution in [1.82, 2.24) is 0 Å². The summed E-state index contributed by atoms with van der Waals surface area (Å²) < 4.78 is 43.6. The molecule has 4 heteroatoms. The number of hydrogen-bond donors (Lipinski definition) is 0. The van der Waals surface area contributed by atoms with E-state index in [1.54, 1.807) is 6.92 Å². The molecule has 1 atom stereocenters. The molecule has 0 aliphatic heterocycles. The number of rotatable bonds is 5. The van der Waals surface area contributed by atoms with E-state index in [2.05, 4.69) is 5.92 Å². The smallest absolute Gasteiger partial charge is 0.416 e. The highest BCUT2D eigenvalue weighted by atomic mass is 19.4. The van der Waals surface area contributed by atoms with Crippen LogP contribution in [0, 0.1) is 12.3 Å². The van der Waals surface area contributed by atoms with Gasteiger partial charge in [-0.1, -0.05) is 13.8 Å². The Labute approximate surface area is 111 Å². The van der Waals surface area contributed by atoms with Crippen molar-refractivity contribution in [3.05, 3.63) is 29.3 Å². The Morgan fingerprint density at radius 1 is 1.37 bits per heavy atom. The van der Waals surface area contributed by atoms with Crippen LogP contribution in [0.1, 0.15) is 43.7 Å². The quantitative estimate of drug-likeness (QED) is 0.709. The summed E-state index contributed by atoms with van der Waals surface area (Å²) in [5.41, 5.74) is -0.156. The molecule has 0 spiro atoms. The Balaban J connectivity index is 3.15. The number of terminal acetylenes is 1. The van der Waals surface area contributed by atoms with E-state index in [1.165, 1.54) is 6.07 Å². The Morgan fingerprint density at radius 3 is 2.58 bits per heavy atom. The van der Waals surface area contributed by atoms with E-state index in [4.69, 9.17) is 11.2 Å². The van der Waals surface area contributed by atoms with E-state index < -0.39 is 11.7 Å². The number of hydrogen-bond acceptors (Lipinski definition) is 1. The fourth-order valence-electron chi connectivity index (χ4n) is 1.74. The van der Waals surface area contributed by atoms with Gasteiger partial charge in [0.05, 0.1) is 12.2 Å². The molecule has 1 aromatic carbocycles. The predicted molar refractivity (Wildman–Crippen MR) is 69.1 cm³/mol. The lowest BCUT2D eigenvalue weighted by Crippen LogP contribution is -2.08. The summed E-state index contributed by atoms with van der Waals surface area (Å²) in [5, 5.41) is 0. The Morgan fingerprint density at radius 2 is 2.05 bits per heavy atom. The van der Waals surface area contributed by atoms with E-state index in [1.807, 2.05) is 6.92 Å². The van der Waals surface area contributed by atoms with Crippen LogP contribution < -0.4 is 4.74 Å². The lowest BCUT2D eigenvalue weighted by molar-refractivity contribution is -0.137. The summed E-state index contributed by atoms with van der Waals surface area (Å²) in [4.78, 5) is 0. The highest BCUT2D eigenvalue weighted by Crippen LogP contribution is 2.36. The van der Waals surface area contributed by atoms with Gasteiger partial charge in [0.15, 0.2) is 0 Å². The van der Waals surface area contributed by atoms with Crippen LogP contribution in [-0.2, 0) is 6.18 Å². The molecule has 0 saturated heterocycles. The summed E-state index contributed by atoms with van der Waals surface area (Å²) in [7, 11) is 0. The number of benzene rings is 1. The highest BCUT2D eigenvalue weighted by Gasteiger charge is 2.31. The van der Waals surface area contributed by atoms with Gasteiger partial charge in [-0.05, 0) is 36.1 Å². The zero-order valence-corrected chi connectivity index (χ0v) is 11.1. The van der Waals surface area contributed by atoms with Crippen LogP contribution in [0.4, 0.5) is 13.2 Å². The van der Waals surface area contributed by atoms with E-state index in [9.17, 15) is 13.2 Å². The molecule has 104 valence electrons. The second kappa shape index (κ2) is 6.51. The predicted octanol–water partition coefficient (Wildman–Crippen LogP) is 4.62. The normalized spacial score (nSPS) is 12.8. The lowest BCUT2D eigenvalue weighted by atomic mass is 9.95. The van der Waals surface area contributed by atoms with Gasteiger partial charge in [0, 0.05) is 6.42 Å². The van der Waals surface area contributed by atoms with Gasteiger partial charge < -0.3 is 4.74 Å². The monoisotopic (exact) mass is 270 g/mol. The maximum Gasteiger partial charge on any atom is 0.416 e. The minimum absolute atomic E-state index is 0.167. The maximum absolute atomic E-state index is 12.7. The van der Waals surface area contributed by atoms with Crippen LogP contribution in [0.5, 0.6) is 5.75 Å². The molecular weight excluding hydrogens is 253 g/mol. The molecule has 1 aromatic rings. The molecule has 0 saturated carbocycles. The molecule has 0 fully saturated rings. The molecule has 0 N–H and O–H groups in total. The van der Waals surface area contributed by atoms with Crippen molar-refractivity contribution in [1.29, 1.82) is 0 Å². The van der Waals surface area contributed by atoms with Gasteiger partial charge in [-0.25, -0.2) is 0 Å². The third-order valence-electron chi connectivity index (χ3n) is 2.75. The summed E-state index contributed by atoms with van der Waals surface area (Å²) >= 11 is 0. The van der Waals surface area contributed by atoms with Crippen molar-refractivity contribution >= 4 is 0 Å². The second-order valence-corrected chi connectivity index (χ2v) is 4.41. The molecule has 0 aromatic heterocycles. The lowest BCUT2D eigenvalue weighted by Gasteiger charge is -2.17. The molecule has 0 radical (unpaired) electrons. The van der Waals surface area contributed by atoms with E-state index in [0.717, 1.165) is 18.6 Å². The fourth-order valence-corrected chi connectivity index (χ4v) is 1.74. The molecule has 1 rings (SSSR count). The molecule has 19 heavy (non-hydrogen) atoms. The SMILES string of the molecule is C#CCC(C)c1cc(C(F)(F)F)ccc1OCCC. The minimum Gasteiger partial charge on any atom is -0.493 e. The number of alkyl halides is 3. The summed E-state index contributed by atoms with van der Waals surface area (Å²) in [5.74, 6) is 2.79. The first-order valence-electron chi connectivity index (χ1n) is 6.17. The van der Waals surface area contributed by atoms with Crippen LogP contribution in [0.3, 0.4) is 0 Å². The zero-order valence-electron chi connectivity index (χ0n) is 11.1. The van der Waals surface area contributed by atoms with Crippen LogP contribution >= 0.6 is 0 Å². The van der Waals surface area contributed by atoms with Crippen molar-refractivity contribution in [2.45, 2.75) is 38.8 Å². The van der Waals surface area contributed by atoms with Gasteiger partial charge in [-0.2, -0.15) is 13.2 Å². The Kier molecular flexibility index (Phi) is 5.29. The topological polar surface area (TPSA) is 9.23 Å². The maximum atomic E-state index is 12.7. The number of halogens is 3. The third-order valence-corrected chi connectivity index (χ3v) is 2.75. The van der Waals surface area contributed by atoms with Crippen molar-refractivity contribution in [2.75, 3.05) is 6.61 Å². The molecule has 0 amide bonds. The van der Waals surface area contributed by atoms with Gasteiger partial charge in [0.25, 0.3) is 0 Å². The van der Waals surface area contributed by atoms with Crippen molar-refractivity contribution in [3.8, 4) is 18.1 Å². The van der Waals surface area contributed by atoms with Crippen LogP contribution in [0.25, 0.3) is 0 Å². The Bertz CT molecular complexity index is 457. The molecule has 0 bridgehead atoms. The van der Waals surface area contributed by atoms with Gasteiger partial charge in [-0.15, -0.1) is 12.3 Å². The first-order chi connectivity index (χ1) is 8.90. The second-order valence-electron chi connectivity index (χ2n) is 4.41. The van der Waals surface area contributed by atoms with Gasteiger partial charge >= 0.3 is 6.18 Å².